The van der Waals surface area contributed by atoms with Gasteiger partial charge in [-0.15, -0.1) is 0 Å². The van der Waals surface area contributed by atoms with E-state index in [0.29, 0.717) is 16.6 Å². The lowest BCUT2D eigenvalue weighted by Crippen LogP contribution is -2.23. The van der Waals surface area contributed by atoms with Crippen LogP contribution in [0.2, 0.25) is 0 Å². The van der Waals surface area contributed by atoms with Crippen LogP contribution in [0.3, 0.4) is 0 Å². The Kier molecular flexibility index (Phi) is 5.30. The monoisotopic (exact) mass is 385 g/mol. The lowest BCUT2D eigenvalue weighted by Gasteiger charge is -2.09. The molecule has 0 aliphatic rings. The molecule has 3 aromatic rings. The van der Waals surface area contributed by atoms with E-state index in [-0.39, 0.29) is 23.7 Å². The van der Waals surface area contributed by atoms with Crippen molar-refractivity contribution in [2.45, 2.75) is 6.92 Å². The molecule has 1 amide bonds. The maximum absolute atomic E-state index is 13.7. The van der Waals surface area contributed by atoms with E-state index in [9.17, 15) is 18.8 Å². The van der Waals surface area contributed by atoms with Crippen LogP contribution in [0.25, 0.3) is 10.9 Å². The Hall–Kier alpha value is -3.82. The number of hydrogen-bond donors (Lipinski definition) is 3. The Morgan fingerprint density at radius 2 is 1.93 bits per heavy atom. The van der Waals surface area contributed by atoms with Crippen LogP contribution in [0.15, 0.2) is 35.4 Å². The first-order chi connectivity index (χ1) is 13.4. The summed E-state index contributed by atoms with van der Waals surface area (Å²) in [7, 11) is 1.59. The molecule has 0 spiro atoms. The lowest BCUT2D eigenvalue weighted by molar-refractivity contribution is 0.0512. The van der Waals surface area contributed by atoms with Gasteiger partial charge in [-0.05, 0) is 25.1 Å². The molecule has 2 aromatic heterocycles. The third-order valence-electron chi connectivity index (χ3n) is 3.80. The fourth-order valence-corrected chi connectivity index (χ4v) is 2.54. The molecule has 3 N–H and O–H groups in total. The molecule has 2 heterocycles. The van der Waals surface area contributed by atoms with Crippen LogP contribution in [0.4, 0.5) is 15.8 Å². The number of benzene rings is 1. The Bertz CT molecular complexity index is 1110. The van der Waals surface area contributed by atoms with Gasteiger partial charge in [0, 0.05) is 12.4 Å². The molecular weight excluding hydrogens is 369 g/mol. The number of aromatic nitrogens is 3. The molecule has 0 fully saturated rings. The summed E-state index contributed by atoms with van der Waals surface area (Å²) in [4.78, 5) is 46.5. The number of amides is 1. The van der Waals surface area contributed by atoms with Crippen molar-refractivity contribution in [2.24, 2.45) is 0 Å². The van der Waals surface area contributed by atoms with Crippen LogP contribution in [-0.4, -0.2) is 40.5 Å². The van der Waals surface area contributed by atoms with Crippen LogP contribution in [0.5, 0.6) is 0 Å². The molecule has 0 aliphatic heterocycles. The number of H-pyrrole nitrogens is 1. The largest absolute Gasteiger partial charge is 0.460 e. The summed E-state index contributed by atoms with van der Waals surface area (Å²) < 4.78 is 18.5. The topological polar surface area (TPSA) is 126 Å². The van der Waals surface area contributed by atoms with Crippen molar-refractivity contribution in [2.75, 3.05) is 24.3 Å². The van der Waals surface area contributed by atoms with Gasteiger partial charge in [-0.3, -0.25) is 9.59 Å². The van der Waals surface area contributed by atoms with E-state index in [2.05, 4.69) is 25.6 Å². The summed E-state index contributed by atoms with van der Waals surface area (Å²) in [5.74, 6) is -2.09. The van der Waals surface area contributed by atoms with Gasteiger partial charge in [-0.25, -0.2) is 19.2 Å². The van der Waals surface area contributed by atoms with Gasteiger partial charge in [0.15, 0.2) is 0 Å². The highest BCUT2D eigenvalue weighted by Crippen LogP contribution is 2.22. The van der Waals surface area contributed by atoms with Crippen molar-refractivity contribution >= 4 is 34.2 Å². The molecule has 144 valence electrons. The number of aromatic amines is 1. The normalized spacial score (nSPS) is 10.5. The van der Waals surface area contributed by atoms with E-state index in [0.717, 1.165) is 0 Å². The van der Waals surface area contributed by atoms with E-state index in [1.165, 1.54) is 30.6 Å². The zero-order chi connectivity index (χ0) is 20.3. The standard InChI is InChI=1S/C18H16FN5O4/c1-3-28-18(27)15-21-7-11(8-22-15)23-16(25)12-5-9-4-10(19)6-13(20-2)14(9)24-17(12)26/h4-8,20H,3H2,1-2H3,(H,23,25)(H,24,26). The van der Waals surface area contributed by atoms with Gasteiger partial charge in [0.05, 0.1) is 35.9 Å². The molecule has 0 saturated carbocycles. The summed E-state index contributed by atoms with van der Waals surface area (Å²) in [6, 6.07) is 3.74. The summed E-state index contributed by atoms with van der Waals surface area (Å²) in [6.07, 6.45) is 2.43. The number of carbonyl (C=O) groups excluding carboxylic acids is 2. The Labute approximate surface area is 158 Å². The minimum atomic E-state index is -0.731. The van der Waals surface area contributed by atoms with Crippen molar-refractivity contribution in [1.82, 2.24) is 15.0 Å². The third-order valence-corrected chi connectivity index (χ3v) is 3.80. The van der Waals surface area contributed by atoms with Crippen LogP contribution in [0, 0.1) is 5.82 Å². The second-order valence-corrected chi connectivity index (χ2v) is 5.65. The molecule has 0 aliphatic carbocycles. The zero-order valence-corrected chi connectivity index (χ0v) is 15.0. The average Bonchev–Trinajstić information content (AvgIpc) is 2.68. The number of fused-ring (bicyclic) bond motifs is 1. The predicted molar refractivity (Wildman–Crippen MR) is 100 cm³/mol. The second kappa shape index (κ2) is 7.82. The lowest BCUT2D eigenvalue weighted by atomic mass is 10.1. The maximum Gasteiger partial charge on any atom is 0.376 e. The number of nitrogens with one attached hydrogen (secondary N) is 3. The number of pyridine rings is 1. The number of nitrogens with zero attached hydrogens (tertiary/aromatic N) is 2. The number of anilines is 2. The SMILES string of the molecule is CCOC(=O)c1ncc(NC(=O)c2cc3cc(F)cc(NC)c3[nH]c2=O)cn1. The smallest absolute Gasteiger partial charge is 0.376 e. The molecule has 9 nitrogen and oxygen atoms in total. The summed E-state index contributed by atoms with van der Waals surface area (Å²) >= 11 is 0. The molecule has 10 heteroatoms. The van der Waals surface area contributed by atoms with E-state index in [4.69, 9.17) is 4.74 Å². The Balaban J connectivity index is 1.88. The van der Waals surface area contributed by atoms with Crippen molar-refractivity contribution in [3.63, 3.8) is 0 Å². The first-order valence-electron chi connectivity index (χ1n) is 8.27. The maximum atomic E-state index is 13.7. The van der Waals surface area contributed by atoms with Gasteiger partial charge >= 0.3 is 5.97 Å². The highest BCUT2D eigenvalue weighted by Gasteiger charge is 2.16. The second-order valence-electron chi connectivity index (χ2n) is 5.65. The number of hydrogen-bond acceptors (Lipinski definition) is 7. The van der Waals surface area contributed by atoms with Gasteiger partial charge in [-0.1, -0.05) is 0 Å². The number of esters is 1. The minimum Gasteiger partial charge on any atom is -0.460 e. The molecule has 0 bridgehead atoms. The van der Waals surface area contributed by atoms with E-state index in [1.54, 1.807) is 14.0 Å². The minimum absolute atomic E-state index is 0.154. The van der Waals surface area contributed by atoms with Crippen LogP contribution < -0.4 is 16.2 Å². The summed E-state index contributed by atoms with van der Waals surface area (Å²) in [6.45, 7) is 1.83. The Morgan fingerprint density at radius 1 is 1.21 bits per heavy atom. The van der Waals surface area contributed by atoms with Crippen LogP contribution in [-0.2, 0) is 4.74 Å². The molecule has 0 unspecified atom stereocenters. The number of halogens is 1. The van der Waals surface area contributed by atoms with Gasteiger partial charge < -0.3 is 20.4 Å². The molecular formula is C18H16FN5O4. The highest BCUT2D eigenvalue weighted by molar-refractivity contribution is 6.06. The Morgan fingerprint density at radius 3 is 2.57 bits per heavy atom. The van der Waals surface area contributed by atoms with Crippen molar-refractivity contribution in [3.05, 3.63) is 58.2 Å². The molecule has 0 atom stereocenters. The van der Waals surface area contributed by atoms with Crippen LogP contribution in [0.1, 0.15) is 27.9 Å². The van der Waals surface area contributed by atoms with Crippen LogP contribution >= 0.6 is 0 Å². The van der Waals surface area contributed by atoms with Crippen molar-refractivity contribution in [1.29, 1.82) is 0 Å². The number of carbonyl (C=O) groups is 2. The van der Waals surface area contributed by atoms with Gasteiger partial charge in [0.1, 0.15) is 11.4 Å². The number of ether oxygens (including phenoxy) is 1. The van der Waals surface area contributed by atoms with Crippen molar-refractivity contribution < 1.29 is 18.7 Å². The van der Waals surface area contributed by atoms with Gasteiger partial charge in [-0.2, -0.15) is 0 Å². The number of rotatable bonds is 5. The summed E-state index contributed by atoms with van der Waals surface area (Å²) in [5, 5.41) is 5.59. The van der Waals surface area contributed by atoms with Crippen molar-refractivity contribution in [3.8, 4) is 0 Å². The highest BCUT2D eigenvalue weighted by atomic mass is 19.1. The first-order valence-corrected chi connectivity index (χ1v) is 8.27. The van der Waals surface area contributed by atoms with Gasteiger partial charge in [0.2, 0.25) is 5.82 Å². The quantitative estimate of drug-likeness (QED) is 0.573. The average molecular weight is 385 g/mol. The summed E-state index contributed by atoms with van der Waals surface area (Å²) in [5.41, 5.74) is 0.0917. The zero-order valence-electron chi connectivity index (χ0n) is 15.0. The molecule has 0 radical (unpaired) electrons. The van der Waals surface area contributed by atoms with Gasteiger partial charge in [0.25, 0.3) is 11.5 Å². The molecule has 28 heavy (non-hydrogen) atoms. The molecule has 3 rings (SSSR count). The fourth-order valence-electron chi connectivity index (χ4n) is 2.54. The molecule has 1 aromatic carbocycles. The van der Waals surface area contributed by atoms with E-state index < -0.39 is 23.3 Å². The first kappa shape index (κ1) is 19.0. The molecule has 0 saturated heterocycles. The predicted octanol–water partition coefficient (Wildman–Crippen LogP) is 1.93. The van der Waals surface area contributed by atoms with E-state index in [1.807, 2.05) is 0 Å². The fraction of sp³-hybridized carbons (Fsp3) is 0.167. The van der Waals surface area contributed by atoms with E-state index >= 15 is 0 Å². The third kappa shape index (κ3) is 3.80.